The lowest BCUT2D eigenvalue weighted by atomic mass is 10.1. The monoisotopic (exact) mass is 282 g/mol. The maximum atomic E-state index is 13.6. The first-order valence-electron chi connectivity index (χ1n) is 7.10. The molecule has 0 aliphatic heterocycles. The molecule has 0 bridgehead atoms. The van der Waals surface area contributed by atoms with E-state index in [2.05, 4.69) is 32.6 Å². The average Bonchev–Trinajstić information content (AvgIpc) is 2.37. The van der Waals surface area contributed by atoms with Gasteiger partial charge in [-0.05, 0) is 24.8 Å². The van der Waals surface area contributed by atoms with Crippen LogP contribution in [0.25, 0.3) is 0 Å². The van der Waals surface area contributed by atoms with Crippen LogP contribution in [0.1, 0.15) is 40.5 Å². The van der Waals surface area contributed by atoms with Gasteiger partial charge in [-0.2, -0.15) is 0 Å². The van der Waals surface area contributed by atoms with Crippen molar-refractivity contribution >= 4 is 11.4 Å². The predicted octanol–water partition coefficient (Wildman–Crippen LogP) is 4.38. The summed E-state index contributed by atoms with van der Waals surface area (Å²) in [5, 5.41) is 10.9. The van der Waals surface area contributed by atoms with E-state index >= 15 is 0 Å². The summed E-state index contributed by atoms with van der Waals surface area (Å²) in [5.74, 6) is -0.160. The zero-order valence-corrected chi connectivity index (χ0v) is 12.6. The molecular weight excluding hydrogens is 259 g/mol. The highest BCUT2D eigenvalue weighted by Crippen LogP contribution is 2.27. The molecule has 0 atom stereocenters. The molecule has 20 heavy (non-hydrogen) atoms. The highest BCUT2D eigenvalue weighted by atomic mass is 19.1. The molecule has 0 heterocycles. The Morgan fingerprint density at radius 3 is 2.30 bits per heavy atom. The molecule has 1 rings (SSSR count). The lowest BCUT2D eigenvalue weighted by molar-refractivity contribution is -0.385. The van der Waals surface area contributed by atoms with E-state index in [1.165, 1.54) is 12.1 Å². The third-order valence-electron chi connectivity index (χ3n) is 3.35. The van der Waals surface area contributed by atoms with Crippen LogP contribution in [0.2, 0.25) is 0 Å². The normalized spacial score (nSPS) is 11.2. The quantitative estimate of drug-likeness (QED) is 0.550. The Morgan fingerprint density at radius 1 is 1.25 bits per heavy atom. The van der Waals surface area contributed by atoms with Gasteiger partial charge < -0.3 is 4.90 Å². The average molecular weight is 282 g/mol. The number of rotatable bonds is 7. The first kappa shape index (κ1) is 16.4. The molecule has 0 radical (unpaired) electrons. The van der Waals surface area contributed by atoms with Gasteiger partial charge in [0.05, 0.1) is 11.0 Å². The van der Waals surface area contributed by atoms with Crippen LogP contribution < -0.4 is 4.90 Å². The van der Waals surface area contributed by atoms with Crippen molar-refractivity contribution in [1.82, 2.24) is 0 Å². The second kappa shape index (κ2) is 7.22. The molecule has 0 amide bonds. The summed E-state index contributed by atoms with van der Waals surface area (Å²) in [6.07, 6.45) is 1.85. The summed E-state index contributed by atoms with van der Waals surface area (Å²) in [6.45, 7) is 9.09. The van der Waals surface area contributed by atoms with Crippen LogP contribution in [-0.2, 0) is 0 Å². The van der Waals surface area contributed by atoms with E-state index in [9.17, 15) is 14.5 Å². The Kier molecular flexibility index (Phi) is 5.92. The topological polar surface area (TPSA) is 46.4 Å². The van der Waals surface area contributed by atoms with Crippen molar-refractivity contribution in [3.63, 3.8) is 0 Å². The van der Waals surface area contributed by atoms with E-state index in [1.807, 2.05) is 0 Å². The van der Waals surface area contributed by atoms with Crippen molar-refractivity contribution in [2.75, 3.05) is 11.4 Å². The van der Waals surface area contributed by atoms with Crippen LogP contribution in [0.15, 0.2) is 18.2 Å². The lowest BCUT2D eigenvalue weighted by Gasteiger charge is -2.34. The van der Waals surface area contributed by atoms with E-state index in [0.717, 1.165) is 25.5 Å². The Hall–Kier alpha value is -1.65. The fraction of sp³-hybridized carbons (Fsp3) is 0.600. The summed E-state index contributed by atoms with van der Waals surface area (Å²) in [6, 6.07) is 4.07. The maximum Gasteiger partial charge on any atom is 0.274 e. The summed E-state index contributed by atoms with van der Waals surface area (Å²) in [4.78, 5) is 12.4. The molecule has 0 N–H and O–H groups in total. The molecule has 0 aliphatic rings. The number of non-ortho nitro benzene ring substituents is 1. The van der Waals surface area contributed by atoms with Gasteiger partial charge >= 0.3 is 0 Å². The van der Waals surface area contributed by atoms with Crippen LogP contribution >= 0.6 is 0 Å². The van der Waals surface area contributed by atoms with Crippen molar-refractivity contribution in [2.24, 2.45) is 5.92 Å². The molecule has 0 aromatic heterocycles. The number of benzene rings is 1. The minimum absolute atomic E-state index is 0.195. The van der Waals surface area contributed by atoms with E-state index in [1.54, 1.807) is 0 Å². The van der Waals surface area contributed by atoms with Crippen molar-refractivity contribution in [3.8, 4) is 0 Å². The standard InChI is InChI=1S/C15H23FN2O2/c1-5-13(6-2)17(10-11(3)4)14-7-12(16)8-15(9-14)18(19)20/h7-9,11,13H,5-6,10H2,1-4H3. The van der Waals surface area contributed by atoms with Crippen molar-refractivity contribution in [3.05, 3.63) is 34.1 Å². The molecule has 0 fully saturated rings. The number of nitro groups is 1. The number of halogens is 1. The van der Waals surface area contributed by atoms with Gasteiger partial charge in [0.2, 0.25) is 0 Å². The van der Waals surface area contributed by atoms with Crippen LogP contribution in [0.5, 0.6) is 0 Å². The Labute approximate surface area is 119 Å². The van der Waals surface area contributed by atoms with E-state index in [4.69, 9.17) is 0 Å². The van der Waals surface area contributed by atoms with Crippen molar-refractivity contribution in [1.29, 1.82) is 0 Å². The smallest absolute Gasteiger partial charge is 0.274 e. The predicted molar refractivity (Wildman–Crippen MR) is 79.6 cm³/mol. The first-order valence-corrected chi connectivity index (χ1v) is 7.10. The number of nitro benzene ring substituents is 1. The van der Waals surface area contributed by atoms with Gasteiger partial charge in [-0.1, -0.05) is 27.7 Å². The second-order valence-electron chi connectivity index (χ2n) is 5.44. The third kappa shape index (κ3) is 4.18. The molecule has 1 aromatic rings. The molecule has 0 aliphatic carbocycles. The zero-order valence-electron chi connectivity index (χ0n) is 12.6. The Balaban J connectivity index is 3.21. The van der Waals surface area contributed by atoms with Gasteiger partial charge in [0.25, 0.3) is 5.69 Å². The minimum Gasteiger partial charge on any atom is -0.368 e. The third-order valence-corrected chi connectivity index (χ3v) is 3.35. The van der Waals surface area contributed by atoms with E-state index in [-0.39, 0.29) is 11.7 Å². The summed E-state index contributed by atoms with van der Waals surface area (Å²) in [5.41, 5.74) is 0.402. The lowest BCUT2D eigenvalue weighted by Crippen LogP contribution is -2.37. The van der Waals surface area contributed by atoms with Crippen LogP contribution in [0.3, 0.4) is 0 Å². The Morgan fingerprint density at radius 2 is 1.85 bits per heavy atom. The molecule has 112 valence electrons. The number of hydrogen-bond donors (Lipinski definition) is 0. The van der Waals surface area contributed by atoms with Crippen LogP contribution in [0, 0.1) is 21.8 Å². The van der Waals surface area contributed by atoms with E-state index < -0.39 is 10.7 Å². The molecule has 0 spiro atoms. The molecular formula is C15H23FN2O2. The molecule has 5 heteroatoms. The highest BCUT2D eigenvalue weighted by Gasteiger charge is 2.20. The largest absolute Gasteiger partial charge is 0.368 e. The van der Waals surface area contributed by atoms with Gasteiger partial charge in [-0.3, -0.25) is 10.1 Å². The van der Waals surface area contributed by atoms with Gasteiger partial charge in [0.15, 0.2) is 0 Å². The number of hydrogen-bond acceptors (Lipinski definition) is 3. The van der Waals surface area contributed by atoms with Gasteiger partial charge in [0, 0.05) is 24.3 Å². The summed E-state index contributed by atoms with van der Waals surface area (Å²) < 4.78 is 13.6. The van der Waals surface area contributed by atoms with Gasteiger partial charge in [0.1, 0.15) is 5.82 Å². The van der Waals surface area contributed by atoms with Gasteiger partial charge in [-0.15, -0.1) is 0 Å². The molecule has 4 nitrogen and oxygen atoms in total. The summed E-state index contributed by atoms with van der Waals surface area (Å²) >= 11 is 0. The van der Waals surface area contributed by atoms with Crippen LogP contribution in [0.4, 0.5) is 15.8 Å². The van der Waals surface area contributed by atoms with Crippen LogP contribution in [-0.4, -0.2) is 17.5 Å². The molecule has 0 saturated heterocycles. The van der Waals surface area contributed by atoms with Crippen molar-refractivity contribution in [2.45, 2.75) is 46.6 Å². The highest BCUT2D eigenvalue weighted by molar-refractivity contribution is 5.54. The minimum atomic E-state index is -0.561. The summed E-state index contributed by atoms with van der Waals surface area (Å²) in [7, 11) is 0. The first-order chi connectivity index (χ1) is 9.38. The zero-order chi connectivity index (χ0) is 15.3. The fourth-order valence-electron chi connectivity index (χ4n) is 2.42. The SMILES string of the molecule is CCC(CC)N(CC(C)C)c1cc(F)cc([N+](=O)[O-])c1. The number of nitrogens with zero attached hydrogens (tertiary/aromatic N) is 2. The Bertz CT molecular complexity index is 459. The van der Waals surface area contributed by atoms with E-state index in [0.29, 0.717) is 11.6 Å². The maximum absolute atomic E-state index is 13.6. The van der Waals surface area contributed by atoms with Crippen molar-refractivity contribution < 1.29 is 9.31 Å². The second-order valence-corrected chi connectivity index (χ2v) is 5.44. The molecule has 0 unspecified atom stereocenters. The fourth-order valence-corrected chi connectivity index (χ4v) is 2.42. The molecule has 1 aromatic carbocycles. The van der Waals surface area contributed by atoms with Gasteiger partial charge in [-0.25, -0.2) is 4.39 Å². The number of anilines is 1. The molecule has 0 saturated carbocycles.